The van der Waals surface area contributed by atoms with Gasteiger partial charge in [0.15, 0.2) is 0 Å². The van der Waals surface area contributed by atoms with Gasteiger partial charge in [0.25, 0.3) is 5.91 Å². The van der Waals surface area contributed by atoms with Crippen molar-refractivity contribution < 1.29 is 18.8 Å². The van der Waals surface area contributed by atoms with Crippen LogP contribution in [0.3, 0.4) is 0 Å². The van der Waals surface area contributed by atoms with Crippen molar-refractivity contribution in [1.82, 2.24) is 4.90 Å². The summed E-state index contributed by atoms with van der Waals surface area (Å²) in [6.45, 7) is 0.101. The smallest absolute Gasteiger partial charge is 0.257 e. The number of anilines is 1. The molecule has 6 nitrogen and oxygen atoms in total. The second-order valence-corrected chi connectivity index (χ2v) is 8.85. The van der Waals surface area contributed by atoms with Crippen LogP contribution in [0.5, 0.6) is 0 Å². The molecule has 0 bridgehead atoms. The Morgan fingerprint density at radius 3 is 2.45 bits per heavy atom. The van der Waals surface area contributed by atoms with Crippen LogP contribution in [0.4, 0.5) is 5.69 Å². The molecule has 1 saturated heterocycles. The molecule has 0 spiro atoms. The van der Waals surface area contributed by atoms with Crippen LogP contribution in [0.15, 0.2) is 71.3 Å². The summed E-state index contributed by atoms with van der Waals surface area (Å²) in [7, 11) is 0. The molecule has 31 heavy (non-hydrogen) atoms. The summed E-state index contributed by atoms with van der Waals surface area (Å²) in [6, 6.07) is 16.6. The molecule has 0 aliphatic carbocycles. The average molecular weight is 549 g/mol. The number of halogens is 2. The Kier molecular flexibility index (Phi) is 6.43. The number of nitrogens with zero attached hydrogens (tertiary/aromatic N) is 2. The molecule has 2 heterocycles. The number of amides is 3. The standard InChI is InChI=1S/C23H18ClIN2O4/c24-16-5-3-15(4-6-16)12-21(28)26(14-19-2-1-11-31-19)20-13-22(29)27(23(20)30)18-9-7-17(25)8-10-18/h1-11,20H,12-14H2. The first-order chi connectivity index (χ1) is 14.9. The molecule has 1 unspecified atom stereocenters. The van der Waals surface area contributed by atoms with E-state index in [2.05, 4.69) is 22.6 Å². The Labute approximate surface area is 197 Å². The highest BCUT2D eigenvalue weighted by molar-refractivity contribution is 14.1. The van der Waals surface area contributed by atoms with Gasteiger partial charge < -0.3 is 9.32 Å². The maximum absolute atomic E-state index is 13.2. The predicted molar refractivity (Wildman–Crippen MR) is 124 cm³/mol. The molecule has 1 aliphatic rings. The van der Waals surface area contributed by atoms with Crippen molar-refractivity contribution >= 4 is 57.6 Å². The topological polar surface area (TPSA) is 70.8 Å². The van der Waals surface area contributed by atoms with Gasteiger partial charge >= 0.3 is 0 Å². The van der Waals surface area contributed by atoms with Gasteiger partial charge in [-0.1, -0.05) is 23.7 Å². The quantitative estimate of drug-likeness (QED) is 0.337. The van der Waals surface area contributed by atoms with Crippen LogP contribution >= 0.6 is 34.2 Å². The minimum Gasteiger partial charge on any atom is -0.467 e. The minimum absolute atomic E-state index is 0.0715. The molecule has 2 aromatic carbocycles. The van der Waals surface area contributed by atoms with Gasteiger partial charge in [-0.2, -0.15) is 0 Å². The Hall–Kier alpha value is -2.65. The lowest BCUT2D eigenvalue weighted by Crippen LogP contribution is -2.45. The molecule has 8 heteroatoms. The molecule has 1 aliphatic heterocycles. The number of rotatable bonds is 6. The van der Waals surface area contributed by atoms with E-state index in [9.17, 15) is 14.4 Å². The number of hydrogen-bond acceptors (Lipinski definition) is 4. The molecule has 4 rings (SSSR count). The van der Waals surface area contributed by atoms with E-state index in [1.807, 2.05) is 12.1 Å². The van der Waals surface area contributed by atoms with Crippen molar-refractivity contribution in [2.24, 2.45) is 0 Å². The largest absolute Gasteiger partial charge is 0.467 e. The fourth-order valence-corrected chi connectivity index (χ4v) is 4.03. The van der Waals surface area contributed by atoms with E-state index in [-0.39, 0.29) is 31.2 Å². The molecular weight excluding hydrogens is 531 g/mol. The summed E-state index contributed by atoms with van der Waals surface area (Å²) < 4.78 is 6.40. The Morgan fingerprint density at radius 2 is 1.81 bits per heavy atom. The van der Waals surface area contributed by atoms with E-state index >= 15 is 0 Å². The summed E-state index contributed by atoms with van der Waals surface area (Å²) in [6.07, 6.45) is 1.52. The molecule has 1 fully saturated rings. The molecule has 0 radical (unpaired) electrons. The summed E-state index contributed by atoms with van der Waals surface area (Å²) >= 11 is 8.09. The van der Waals surface area contributed by atoms with Gasteiger partial charge in [-0.3, -0.25) is 14.4 Å². The third-order valence-electron chi connectivity index (χ3n) is 5.08. The summed E-state index contributed by atoms with van der Waals surface area (Å²) in [4.78, 5) is 41.8. The van der Waals surface area contributed by atoms with Crippen molar-refractivity contribution in [3.63, 3.8) is 0 Å². The minimum atomic E-state index is -0.892. The summed E-state index contributed by atoms with van der Waals surface area (Å²) in [5, 5.41) is 0.577. The van der Waals surface area contributed by atoms with Crippen LogP contribution in [-0.4, -0.2) is 28.7 Å². The van der Waals surface area contributed by atoms with Crippen molar-refractivity contribution in [2.75, 3.05) is 4.90 Å². The number of hydrogen-bond donors (Lipinski definition) is 0. The predicted octanol–water partition coefficient (Wildman–Crippen LogP) is 4.44. The zero-order valence-electron chi connectivity index (χ0n) is 16.3. The summed E-state index contributed by atoms with van der Waals surface area (Å²) in [5.74, 6) is -0.478. The number of furan rings is 1. The normalized spacial score (nSPS) is 16.1. The number of benzene rings is 2. The van der Waals surface area contributed by atoms with Crippen molar-refractivity contribution in [3.8, 4) is 0 Å². The average Bonchev–Trinajstić information content (AvgIpc) is 3.36. The first-order valence-corrected chi connectivity index (χ1v) is 11.1. The Balaban J connectivity index is 1.60. The van der Waals surface area contributed by atoms with Crippen LogP contribution in [0, 0.1) is 3.57 Å². The first-order valence-electron chi connectivity index (χ1n) is 9.61. The van der Waals surface area contributed by atoms with Gasteiger partial charge in [0.1, 0.15) is 11.8 Å². The molecule has 0 saturated carbocycles. The van der Waals surface area contributed by atoms with Crippen LogP contribution < -0.4 is 4.90 Å². The second kappa shape index (κ2) is 9.23. The fourth-order valence-electron chi connectivity index (χ4n) is 3.54. The van der Waals surface area contributed by atoms with E-state index in [1.165, 1.54) is 11.2 Å². The highest BCUT2D eigenvalue weighted by Crippen LogP contribution is 2.28. The van der Waals surface area contributed by atoms with Gasteiger partial charge in [-0.15, -0.1) is 0 Å². The Bertz CT molecular complexity index is 1100. The Morgan fingerprint density at radius 1 is 1.10 bits per heavy atom. The van der Waals surface area contributed by atoms with Gasteiger partial charge in [-0.25, -0.2) is 4.90 Å². The van der Waals surface area contributed by atoms with Crippen LogP contribution in [0.2, 0.25) is 5.02 Å². The van der Waals surface area contributed by atoms with E-state index in [1.54, 1.807) is 48.5 Å². The highest BCUT2D eigenvalue weighted by Gasteiger charge is 2.44. The maximum Gasteiger partial charge on any atom is 0.257 e. The maximum atomic E-state index is 13.2. The summed E-state index contributed by atoms with van der Waals surface area (Å²) in [5.41, 5.74) is 1.27. The van der Waals surface area contributed by atoms with E-state index in [4.69, 9.17) is 16.0 Å². The number of imide groups is 1. The lowest BCUT2D eigenvalue weighted by Gasteiger charge is -2.27. The van der Waals surface area contributed by atoms with Crippen LogP contribution in [-0.2, 0) is 27.3 Å². The molecule has 3 aromatic rings. The second-order valence-electron chi connectivity index (χ2n) is 7.17. The fraction of sp³-hybridized carbons (Fsp3) is 0.174. The zero-order chi connectivity index (χ0) is 22.0. The van der Waals surface area contributed by atoms with Crippen LogP contribution in [0.25, 0.3) is 0 Å². The zero-order valence-corrected chi connectivity index (χ0v) is 19.2. The highest BCUT2D eigenvalue weighted by atomic mass is 127. The van der Waals surface area contributed by atoms with Crippen LogP contribution in [0.1, 0.15) is 17.7 Å². The van der Waals surface area contributed by atoms with Gasteiger partial charge in [0.05, 0.1) is 31.3 Å². The molecule has 1 atom stereocenters. The van der Waals surface area contributed by atoms with Gasteiger partial charge in [-0.05, 0) is 76.7 Å². The number of carbonyl (C=O) groups is 3. The molecule has 3 amide bonds. The SMILES string of the molecule is O=C1CC(N(Cc2ccco2)C(=O)Cc2ccc(Cl)cc2)C(=O)N1c1ccc(I)cc1. The van der Waals surface area contributed by atoms with Crippen molar-refractivity contribution in [3.05, 3.63) is 86.8 Å². The lowest BCUT2D eigenvalue weighted by molar-refractivity contribution is -0.138. The van der Waals surface area contributed by atoms with Crippen molar-refractivity contribution in [1.29, 1.82) is 0 Å². The molecule has 0 N–H and O–H groups in total. The molecular formula is C23H18ClIN2O4. The molecule has 1 aromatic heterocycles. The molecule has 158 valence electrons. The lowest BCUT2D eigenvalue weighted by atomic mass is 10.1. The third kappa shape index (κ3) is 4.83. The number of carbonyl (C=O) groups excluding carboxylic acids is 3. The van der Waals surface area contributed by atoms with E-state index in [0.717, 1.165) is 14.0 Å². The monoisotopic (exact) mass is 548 g/mol. The van der Waals surface area contributed by atoms with Gasteiger partial charge in [0.2, 0.25) is 11.8 Å². The van der Waals surface area contributed by atoms with Crippen molar-refractivity contribution in [2.45, 2.75) is 25.4 Å². The van der Waals surface area contributed by atoms with E-state index < -0.39 is 11.9 Å². The first kappa shape index (κ1) is 21.6. The van der Waals surface area contributed by atoms with E-state index in [0.29, 0.717) is 16.5 Å². The van der Waals surface area contributed by atoms with Gasteiger partial charge in [0, 0.05) is 8.59 Å². The third-order valence-corrected chi connectivity index (χ3v) is 6.05.